The molecular weight excluding hydrogens is 376 g/mol. The summed E-state index contributed by atoms with van der Waals surface area (Å²) >= 11 is 0. The van der Waals surface area contributed by atoms with Crippen LogP contribution in [0.4, 0.5) is 4.79 Å². The maximum absolute atomic E-state index is 12.3. The van der Waals surface area contributed by atoms with Crippen LogP contribution >= 0.6 is 0 Å². The second-order valence-corrected chi connectivity index (χ2v) is 6.69. The number of ether oxygens (including phenoxy) is 2. The molecule has 0 N–H and O–H groups in total. The summed E-state index contributed by atoms with van der Waals surface area (Å²) in [6.45, 7) is 2.90. The van der Waals surface area contributed by atoms with E-state index in [1.807, 2.05) is 6.07 Å². The number of hydrogen-bond acceptors (Lipinski definition) is 8. The summed E-state index contributed by atoms with van der Waals surface area (Å²) in [4.78, 5) is 31.2. The van der Waals surface area contributed by atoms with Gasteiger partial charge in [0, 0.05) is 19.5 Å². The maximum atomic E-state index is 12.3. The zero-order valence-electron chi connectivity index (χ0n) is 16.8. The van der Waals surface area contributed by atoms with E-state index < -0.39 is 12.9 Å². The smallest absolute Gasteiger partial charge is 0.418 e. The maximum Gasteiger partial charge on any atom is 0.418 e. The normalized spacial score (nSPS) is 14.8. The molecule has 0 bridgehead atoms. The number of rotatable bonds is 11. The first-order valence-electron chi connectivity index (χ1n) is 9.98. The van der Waals surface area contributed by atoms with Crippen molar-refractivity contribution in [3.8, 4) is 6.07 Å². The molecule has 1 aromatic rings. The van der Waals surface area contributed by atoms with Crippen LogP contribution in [0, 0.1) is 11.3 Å². The van der Waals surface area contributed by atoms with E-state index in [-0.39, 0.29) is 5.97 Å². The number of nitriles is 1. The van der Waals surface area contributed by atoms with Gasteiger partial charge in [0.15, 0.2) is 0 Å². The summed E-state index contributed by atoms with van der Waals surface area (Å²) in [5, 5.41) is 9.03. The minimum Gasteiger partial charge on any atom is -0.447 e. The fourth-order valence-electron chi connectivity index (χ4n) is 3.03. The van der Waals surface area contributed by atoms with E-state index in [1.54, 1.807) is 4.90 Å². The number of amides is 1. The Morgan fingerprint density at radius 2 is 2.03 bits per heavy atom. The number of carbonyl (C=O) groups excluding carboxylic acids is 2. The molecule has 0 aliphatic carbocycles. The van der Waals surface area contributed by atoms with Crippen LogP contribution in [0.5, 0.6) is 0 Å². The third-order valence-electron chi connectivity index (χ3n) is 4.55. The fraction of sp³-hybridized carbons (Fsp3) is 0.600. The first-order chi connectivity index (χ1) is 14.2. The molecule has 1 saturated heterocycles. The number of unbranched alkanes of at least 4 members (excludes halogenated alkanes) is 5. The molecule has 158 valence electrons. The quantitative estimate of drug-likeness (QED) is 0.238. The molecule has 0 unspecified atom stereocenters. The van der Waals surface area contributed by atoms with Crippen LogP contribution in [0.2, 0.25) is 0 Å². The third-order valence-corrected chi connectivity index (χ3v) is 4.55. The van der Waals surface area contributed by atoms with E-state index in [0.717, 1.165) is 19.3 Å². The van der Waals surface area contributed by atoms with E-state index in [0.29, 0.717) is 37.8 Å². The molecule has 0 spiro atoms. The van der Waals surface area contributed by atoms with Crippen molar-refractivity contribution in [2.45, 2.75) is 58.4 Å². The molecule has 1 amide bonds. The second kappa shape index (κ2) is 12.4. The number of aromatic nitrogens is 1. The minimum absolute atomic E-state index is 0.316. The SMILES string of the molecule is CCCCCCCCC(=O)OCOC(=O)N1CCN(Cc2ncco2)/C1=C\C#N. The highest BCUT2D eigenvalue weighted by atomic mass is 16.7. The standard InChI is InChI=1S/C20H28N4O5/c1-2-3-4-5-6-7-8-19(25)28-16-29-20(26)24-13-12-23(18(24)9-10-21)15-17-22-11-14-27-17/h9,11,14H,2-8,12-13,15-16H2,1H3/b18-9+. The van der Waals surface area contributed by atoms with E-state index >= 15 is 0 Å². The van der Waals surface area contributed by atoms with Gasteiger partial charge in [-0.1, -0.05) is 39.0 Å². The zero-order chi connectivity index (χ0) is 20.9. The Kier molecular flexibility index (Phi) is 9.55. The van der Waals surface area contributed by atoms with E-state index in [1.165, 1.54) is 42.7 Å². The Hall–Kier alpha value is -3.02. The number of nitrogens with zero attached hydrogens (tertiary/aromatic N) is 4. The number of allylic oxidation sites excluding steroid dienone is 1. The van der Waals surface area contributed by atoms with Gasteiger partial charge < -0.3 is 18.8 Å². The van der Waals surface area contributed by atoms with Crippen molar-refractivity contribution in [2.24, 2.45) is 0 Å². The molecule has 9 heteroatoms. The summed E-state index contributed by atoms with van der Waals surface area (Å²) in [5.74, 6) is 0.495. The Balaban J connectivity index is 1.70. The van der Waals surface area contributed by atoms with Crippen LogP contribution in [0.15, 0.2) is 28.8 Å². The van der Waals surface area contributed by atoms with Gasteiger partial charge in [-0.2, -0.15) is 5.26 Å². The first kappa shape index (κ1) is 22.3. The van der Waals surface area contributed by atoms with Gasteiger partial charge in [0.05, 0.1) is 24.9 Å². The van der Waals surface area contributed by atoms with Crippen LogP contribution in [-0.2, 0) is 20.8 Å². The minimum atomic E-state index is -0.672. The largest absolute Gasteiger partial charge is 0.447 e. The highest BCUT2D eigenvalue weighted by Gasteiger charge is 2.31. The molecule has 1 fully saturated rings. The summed E-state index contributed by atoms with van der Waals surface area (Å²) < 4.78 is 15.2. The molecule has 1 aromatic heterocycles. The third kappa shape index (κ3) is 7.49. The van der Waals surface area contributed by atoms with Gasteiger partial charge in [-0.05, 0) is 6.42 Å². The molecule has 0 aromatic carbocycles. The molecule has 0 saturated carbocycles. The lowest BCUT2D eigenvalue weighted by Crippen LogP contribution is -2.30. The van der Waals surface area contributed by atoms with Crippen molar-refractivity contribution in [1.29, 1.82) is 5.26 Å². The van der Waals surface area contributed by atoms with Gasteiger partial charge in [-0.25, -0.2) is 9.78 Å². The van der Waals surface area contributed by atoms with Gasteiger partial charge in [0.1, 0.15) is 12.1 Å². The lowest BCUT2D eigenvalue weighted by Gasteiger charge is -2.21. The predicted molar refractivity (Wildman–Crippen MR) is 103 cm³/mol. The molecule has 29 heavy (non-hydrogen) atoms. The van der Waals surface area contributed by atoms with Gasteiger partial charge in [0.2, 0.25) is 12.7 Å². The van der Waals surface area contributed by atoms with Crippen LogP contribution in [0.3, 0.4) is 0 Å². The summed E-state index contributed by atoms with van der Waals surface area (Å²) in [6.07, 6.45) is 10.4. The monoisotopic (exact) mass is 404 g/mol. The van der Waals surface area contributed by atoms with Crippen molar-refractivity contribution in [2.75, 3.05) is 19.9 Å². The Labute approximate surface area is 170 Å². The fourth-order valence-corrected chi connectivity index (χ4v) is 3.03. The Morgan fingerprint density at radius 1 is 1.24 bits per heavy atom. The number of esters is 1. The van der Waals surface area contributed by atoms with Gasteiger partial charge in [-0.3, -0.25) is 9.69 Å². The molecular formula is C20H28N4O5. The van der Waals surface area contributed by atoms with E-state index in [4.69, 9.17) is 19.2 Å². The van der Waals surface area contributed by atoms with Crippen molar-refractivity contribution in [3.05, 3.63) is 30.2 Å². The molecule has 2 rings (SSSR count). The molecule has 0 atom stereocenters. The van der Waals surface area contributed by atoms with Gasteiger partial charge in [0.25, 0.3) is 0 Å². The highest BCUT2D eigenvalue weighted by Crippen LogP contribution is 2.21. The number of carbonyl (C=O) groups is 2. The van der Waals surface area contributed by atoms with Crippen LogP contribution in [0.1, 0.15) is 57.8 Å². The van der Waals surface area contributed by atoms with Crippen molar-refractivity contribution >= 4 is 12.1 Å². The molecule has 1 aliphatic heterocycles. The molecule has 1 aliphatic rings. The van der Waals surface area contributed by atoms with E-state index in [9.17, 15) is 9.59 Å². The summed E-state index contributed by atoms with van der Waals surface area (Å²) in [5.41, 5.74) is 0. The predicted octanol–water partition coefficient (Wildman–Crippen LogP) is 3.55. The highest BCUT2D eigenvalue weighted by molar-refractivity contribution is 5.71. The number of hydrogen-bond donors (Lipinski definition) is 0. The first-order valence-corrected chi connectivity index (χ1v) is 9.98. The van der Waals surface area contributed by atoms with Crippen LogP contribution in [0.25, 0.3) is 0 Å². The van der Waals surface area contributed by atoms with Crippen LogP contribution in [-0.4, -0.2) is 46.7 Å². The molecule has 9 nitrogen and oxygen atoms in total. The van der Waals surface area contributed by atoms with Crippen molar-refractivity contribution in [1.82, 2.24) is 14.8 Å². The lowest BCUT2D eigenvalue weighted by atomic mass is 10.1. The average Bonchev–Trinajstić information content (AvgIpc) is 3.36. The van der Waals surface area contributed by atoms with E-state index in [2.05, 4.69) is 11.9 Å². The summed E-state index contributed by atoms with van der Waals surface area (Å²) in [7, 11) is 0. The Morgan fingerprint density at radius 3 is 2.76 bits per heavy atom. The summed E-state index contributed by atoms with van der Waals surface area (Å²) in [6, 6.07) is 1.93. The lowest BCUT2D eigenvalue weighted by molar-refractivity contribution is -0.152. The second-order valence-electron chi connectivity index (χ2n) is 6.69. The Bertz CT molecular complexity index is 711. The van der Waals surface area contributed by atoms with Gasteiger partial charge in [-0.15, -0.1) is 0 Å². The van der Waals surface area contributed by atoms with Crippen molar-refractivity contribution in [3.63, 3.8) is 0 Å². The average molecular weight is 404 g/mol. The van der Waals surface area contributed by atoms with Gasteiger partial charge >= 0.3 is 12.1 Å². The number of oxazole rings is 1. The molecule has 0 radical (unpaired) electrons. The zero-order valence-corrected chi connectivity index (χ0v) is 16.8. The van der Waals surface area contributed by atoms with Crippen molar-refractivity contribution < 1.29 is 23.5 Å². The topological polar surface area (TPSA) is 109 Å². The van der Waals surface area contributed by atoms with Crippen LogP contribution < -0.4 is 0 Å². The molecule has 2 heterocycles.